The Morgan fingerprint density at radius 1 is 1.00 bits per heavy atom. The van der Waals surface area contributed by atoms with Crippen molar-refractivity contribution in [3.05, 3.63) is 41.0 Å². The predicted molar refractivity (Wildman–Crippen MR) is 98.4 cm³/mol. The van der Waals surface area contributed by atoms with E-state index in [9.17, 15) is 4.79 Å². The Morgan fingerprint density at radius 2 is 1.65 bits per heavy atom. The summed E-state index contributed by atoms with van der Waals surface area (Å²) in [6, 6.07) is 8.76. The summed E-state index contributed by atoms with van der Waals surface area (Å²) in [4.78, 5) is 10.9. The molecule has 0 heterocycles. The second-order valence-electron chi connectivity index (χ2n) is 6.20. The van der Waals surface area contributed by atoms with Crippen molar-refractivity contribution in [3.8, 4) is 0 Å². The highest BCUT2D eigenvalue weighted by atomic mass is 16.5. The van der Waals surface area contributed by atoms with Gasteiger partial charge in [-0.15, -0.1) is 0 Å². The van der Waals surface area contributed by atoms with Crippen molar-refractivity contribution in [2.24, 2.45) is 0 Å². The first kappa shape index (κ1) is 19.5. The Hall–Kier alpha value is -1.57. The highest BCUT2D eigenvalue weighted by Gasteiger charge is 2.00. The molecule has 0 saturated heterocycles. The molecular formula is C21H32O2. The monoisotopic (exact) mass is 316 g/mol. The lowest BCUT2D eigenvalue weighted by Gasteiger charge is -2.06. The number of unbranched alkanes of at least 4 members (excludes halogenated alkanes) is 5. The van der Waals surface area contributed by atoms with E-state index in [-0.39, 0.29) is 5.97 Å². The molecule has 0 bridgehead atoms. The second kappa shape index (κ2) is 11.9. The SMILES string of the molecule is CCCCCCCCc1ccc(C=C(CC)COC(C)=O)cc1. The van der Waals surface area contributed by atoms with E-state index in [0.717, 1.165) is 12.0 Å². The van der Waals surface area contributed by atoms with E-state index in [1.54, 1.807) is 0 Å². The molecule has 1 rings (SSSR count). The number of hydrogen-bond acceptors (Lipinski definition) is 2. The molecule has 0 aliphatic carbocycles. The molecule has 0 aromatic heterocycles. The van der Waals surface area contributed by atoms with Gasteiger partial charge in [0.1, 0.15) is 6.61 Å². The molecule has 0 amide bonds. The average Bonchev–Trinajstić information content (AvgIpc) is 2.55. The van der Waals surface area contributed by atoms with Crippen LogP contribution in [0.1, 0.15) is 76.8 Å². The highest BCUT2D eigenvalue weighted by Crippen LogP contribution is 2.14. The predicted octanol–water partition coefficient (Wildman–Crippen LogP) is 5.95. The van der Waals surface area contributed by atoms with Gasteiger partial charge in [-0.25, -0.2) is 0 Å². The van der Waals surface area contributed by atoms with Crippen molar-refractivity contribution >= 4 is 12.0 Å². The number of carbonyl (C=O) groups is 1. The van der Waals surface area contributed by atoms with Gasteiger partial charge >= 0.3 is 5.97 Å². The molecule has 0 N–H and O–H groups in total. The van der Waals surface area contributed by atoms with Gasteiger partial charge in [0.15, 0.2) is 0 Å². The van der Waals surface area contributed by atoms with Gasteiger partial charge in [-0.3, -0.25) is 4.79 Å². The first-order valence-electron chi connectivity index (χ1n) is 9.07. The molecule has 0 radical (unpaired) electrons. The number of aryl methyl sites for hydroxylation is 1. The molecule has 0 atom stereocenters. The summed E-state index contributed by atoms with van der Waals surface area (Å²) in [5, 5.41) is 0. The number of rotatable bonds is 11. The molecule has 1 aromatic carbocycles. The van der Waals surface area contributed by atoms with Gasteiger partial charge in [0.25, 0.3) is 0 Å². The van der Waals surface area contributed by atoms with Crippen molar-refractivity contribution in [1.82, 2.24) is 0 Å². The first-order chi connectivity index (χ1) is 11.2. The molecule has 23 heavy (non-hydrogen) atoms. The Morgan fingerprint density at radius 3 is 2.26 bits per heavy atom. The largest absolute Gasteiger partial charge is 0.461 e. The minimum absolute atomic E-state index is 0.223. The maximum atomic E-state index is 10.9. The van der Waals surface area contributed by atoms with Gasteiger partial charge in [-0.1, -0.05) is 76.3 Å². The highest BCUT2D eigenvalue weighted by molar-refractivity contribution is 5.66. The van der Waals surface area contributed by atoms with E-state index >= 15 is 0 Å². The van der Waals surface area contributed by atoms with Gasteiger partial charge in [0.05, 0.1) is 0 Å². The van der Waals surface area contributed by atoms with Crippen LogP contribution in [-0.2, 0) is 16.0 Å². The Labute approximate surface area is 141 Å². The number of benzene rings is 1. The molecule has 0 unspecified atom stereocenters. The van der Waals surface area contributed by atoms with E-state index in [4.69, 9.17) is 4.74 Å². The smallest absolute Gasteiger partial charge is 0.302 e. The summed E-state index contributed by atoms with van der Waals surface area (Å²) in [7, 11) is 0. The number of hydrogen-bond donors (Lipinski definition) is 0. The molecular weight excluding hydrogens is 284 g/mol. The normalized spacial score (nSPS) is 11.5. The van der Waals surface area contributed by atoms with Crippen LogP contribution in [0.4, 0.5) is 0 Å². The first-order valence-corrected chi connectivity index (χ1v) is 9.07. The van der Waals surface area contributed by atoms with Crippen LogP contribution in [0.15, 0.2) is 29.8 Å². The lowest BCUT2D eigenvalue weighted by molar-refractivity contribution is -0.139. The average molecular weight is 316 g/mol. The molecule has 0 aliphatic heterocycles. The minimum Gasteiger partial charge on any atom is -0.461 e. The second-order valence-corrected chi connectivity index (χ2v) is 6.20. The maximum Gasteiger partial charge on any atom is 0.302 e. The molecule has 1 aromatic rings. The van der Waals surface area contributed by atoms with Crippen molar-refractivity contribution in [3.63, 3.8) is 0 Å². The van der Waals surface area contributed by atoms with Gasteiger partial charge in [-0.2, -0.15) is 0 Å². The lowest BCUT2D eigenvalue weighted by atomic mass is 10.0. The number of ether oxygens (including phenoxy) is 1. The summed E-state index contributed by atoms with van der Waals surface area (Å²) >= 11 is 0. The Balaban J connectivity index is 2.41. The van der Waals surface area contributed by atoms with E-state index in [2.05, 4.69) is 44.2 Å². The van der Waals surface area contributed by atoms with Crippen molar-refractivity contribution in [2.45, 2.75) is 72.1 Å². The quantitative estimate of drug-likeness (QED) is 0.372. The Kier molecular flexibility index (Phi) is 10.1. The third kappa shape index (κ3) is 9.22. The van der Waals surface area contributed by atoms with Crippen LogP contribution in [0.2, 0.25) is 0 Å². The fourth-order valence-electron chi connectivity index (χ4n) is 2.57. The zero-order chi connectivity index (χ0) is 16.9. The fourth-order valence-corrected chi connectivity index (χ4v) is 2.57. The fraction of sp³-hybridized carbons (Fsp3) is 0.571. The van der Waals surface area contributed by atoms with Crippen LogP contribution < -0.4 is 0 Å². The molecule has 0 spiro atoms. The molecule has 0 saturated carbocycles. The van der Waals surface area contributed by atoms with E-state index < -0.39 is 0 Å². The molecule has 2 heteroatoms. The van der Waals surface area contributed by atoms with E-state index in [1.165, 1.54) is 63.0 Å². The molecule has 0 aliphatic rings. The van der Waals surface area contributed by atoms with E-state index in [0.29, 0.717) is 6.61 Å². The number of carbonyl (C=O) groups excluding carboxylic acids is 1. The topological polar surface area (TPSA) is 26.3 Å². The van der Waals surface area contributed by atoms with Crippen LogP contribution in [0, 0.1) is 0 Å². The zero-order valence-electron chi connectivity index (χ0n) is 15.1. The van der Waals surface area contributed by atoms with Crippen LogP contribution in [0.25, 0.3) is 6.08 Å². The molecule has 2 nitrogen and oxygen atoms in total. The van der Waals surface area contributed by atoms with Crippen LogP contribution in [0.5, 0.6) is 0 Å². The molecule has 0 fully saturated rings. The third-order valence-electron chi connectivity index (χ3n) is 4.08. The van der Waals surface area contributed by atoms with Gasteiger partial charge in [0.2, 0.25) is 0 Å². The summed E-state index contributed by atoms with van der Waals surface area (Å²) in [5.74, 6) is -0.223. The summed E-state index contributed by atoms with van der Waals surface area (Å²) in [5.41, 5.74) is 3.74. The van der Waals surface area contributed by atoms with Crippen LogP contribution >= 0.6 is 0 Å². The van der Waals surface area contributed by atoms with Gasteiger partial charge < -0.3 is 4.74 Å². The standard InChI is InChI=1S/C21H32O2/c1-4-6-7-8-9-10-11-20-12-14-21(15-13-20)16-19(5-2)17-23-18(3)22/h12-16H,4-11,17H2,1-3H3. The van der Waals surface area contributed by atoms with E-state index in [1.807, 2.05) is 0 Å². The summed E-state index contributed by atoms with van der Waals surface area (Å²) in [6.45, 7) is 6.18. The Bertz CT molecular complexity index is 471. The summed E-state index contributed by atoms with van der Waals surface area (Å²) in [6.07, 6.45) is 12.2. The van der Waals surface area contributed by atoms with Crippen LogP contribution in [-0.4, -0.2) is 12.6 Å². The maximum absolute atomic E-state index is 10.9. The number of esters is 1. The lowest BCUT2D eigenvalue weighted by Crippen LogP contribution is -2.02. The zero-order valence-corrected chi connectivity index (χ0v) is 15.1. The minimum atomic E-state index is -0.223. The van der Waals surface area contributed by atoms with Crippen molar-refractivity contribution in [2.75, 3.05) is 6.61 Å². The van der Waals surface area contributed by atoms with Gasteiger partial charge in [-0.05, 0) is 36.0 Å². The van der Waals surface area contributed by atoms with Crippen LogP contribution in [0.3, 0.4) is 0 Å². The molecule has 128 valence electrons. The summed E-state index contributed by atoms with van der Waals surface area (Å²) < 4.78 is 5.08. The van der Waals surface area contributed by atoms with Crippen molar-refractivity contribution < 1.29 is 9.53 Å². The van der Waals surface area contributed by atoms with Gasteiger partial charge in [0, 0.05) is 6.92 Å². The third-order valence-corrected chi connectivity index (χ3v) is 4.08. The van der Waals surface area contributed by atoms with Crippen molar-refractivity contribution in [1.29, 1.82) is 0 Å².